The van der Waals surface area contributed by atoms with Gasteiger partial charge in [-0.2, -0.15) is 31.6 Å². The lowest BCUT2D eigenvalue weighted by atomic mass is 10.2. The average molecular weight is 733 g/mol. The fraction of sp³-hybridized carbons (Fsp3) is 0.391. The molecule has 2 aromatic heterocycles. The summed E-state index contributed by atoms with van der Waals surface area (Å²) in [7, 11) is -5.27. The number of amides is 3. The topological polar surface area (TPSA) is 212 Å². The summed E-state index contributed by atoms with van der Waals surface area (Å²) in [4.78, 5) is 32.8. The molecule has 3 rings (SSSR count). The highest BCUT2D eigenvalue weighted by molar-refractivity contribution is 8.03. The van der Waals surface area contributed by atoms with Crippen LogP contribution in [-0.4, -0.2) is 92.8 Å². The van der Waals surface area contributed by atoms with Crippen LogP contribution in [0.1, 0.15) is 18.9 Å². The van der Waals surface area contributed by atoms with Crippen molar-refractivity contribution in [3.8, 4) is 17.0 Å². The zero-order valence-electron chi connectivity index (χ0n) is 25.3. The highest BCUT2D eigenvalue weighted by Crippen LogP contribution is 2.34. The van der Waals surface area contributed by atoms with Crippen LogP contribution in [-0.2, 0) is 31.2 Å². The van der Waals surface area contributed by atoms with Crippen molar-refractivity contribution in [1.29, 1.82) is 0 Å². The number of anilines is 2. The first-order valence-corrected chi connectivity index (χ1v) is 16.6. The minimum absolute atomic E-state index is 0.00654. The SMILES string of the molecule is CC(C)N(C(=O)COc1nnc(C(F)(F)F)s1)c1ccc(F)cc1.COc1cc(OC)nc(NC(=O)NS(=O)(=O)N(C)S(C)(=O)=O)n1. The molecule has 0 radical (unpaired) electrons. The van der Waals surface area contributed by atoms with E-state index in [4.69, 9.17) is 14.2 Å². The van der Waals surface area contributed by atoms with Gasteiger partial charge < -0.3 is 19.1 Å². The third kappa shape index (κ3) is 11.7. The second-order valence-corrected chi connectivity index (χ2v) is 13.9. The number of alkyl halides is 3. The van der Waals surface area contributed by atoms with Crippen LogP contribution in [0, 0.1) is 5.82 Å². The number of carbonyl (C=O) groups excluding carboxylic acids is 2. The number of hydrogen-bond donors (Lipinski definition) is 2. The first-order chi connectivity index (χ1) is 21.7. The third-order valence-corrected chi connectivity index (χ3v) is 9.54. The van der Waals surface area contributed by atoms with Crippen LogP contribution in [0.4, 0.5) is 34.0 Å². The Bertz CT molecular complexity index is 1740. The first kappa shape index (κ1) is 38.8. The Morgan fingerprint density at radius 3 is 2.00 bits per heavy atom. The predicted octanol–water partition coefficient (Wildman–Crippen LogP) is 2.27. The number of nitrogens with one attached hydrogen (secondary N) is 2. The number of methoxy groups -OCH3 is 2. The van der Waals surface area contributed by atoms with Gasteiger partial charge >= 0.3 is 22.4 Å². The molecular weight excluding hydrogens is 704 g/mol. The number of carbonyl (C=O) groups is 2. The van der Waals surface area contributed by atoms with Gasteiger partial charge in [0.2, 0.25) is 32.7 Å². The lowest BCUT2D eigenvalue weighted by Crippen LogP contribution is -2.45. The van der Waals surface area contributed by atoms with Crippen LogP contribution in [0.2, 0.25) is 0 Å². The molecule has 1 aromatic carbocycles. The molecule has 260 valence electrons. The number of benzene rings is 1. The molecule has 0 aliphatic rings. The van der Waals surface area contributed by atoms with Gasteiger partial charge in [-0.15, -0.1) is 5.10 Å². The Morgan fingerprint density at radius 1 is 1.00 bits per heavy atom. The van der Waals surface area contributed by atoms with Gasteiger partial charge in [0, 0.05) is 18.8 Å². The molecule has 0 atom stereocenters. The Balaban J connectivity index is 0.000000327. The minimum atomic E-state index is -4.61. The molecule has 2 N–H and O–H groups in total. The zero-order valence-corrected chi connectivity index (χ0v) is 27.7. The summed E-state index contributed by atoms with van der Waals surface area (Å²) in [6, 6.07) is 5.08. The van der Waals surface area contributed by atoms with Crippen molar-refractivity contribution in [3.63, 3.8) is 0 Å². The molecule has 0 unspecified atom stereocenters. The second kappa shape index (κ2) is 15.9. The largest absolute Gasteiger partial charge is 0.481 e. The number of sulfonamides is 1. The van der Waals surface area contributed by atoms with Crippen molar-refractivity contribution >= 4 is 55.1 Å². The van der Waals surface area contributed by atoms with Gasteiger partial charge in [0.05, 0.1) is 26.5 Å². The van der Waals surface area contributed by atoms with Crippen LogP contribution in [0.15, 0.2) is 30.3 Å². The molecule has 47 heavy (non-hydrogen) atoms. The average Bonchev–Trinajstić information content (AvgIpc) is 3.46. The lowest BCUT2D eigenvalue weighted by Gasteiger charge is -2.26. The van der Waals surface area contributed by atoms with Crippen LogP contribution >= 0.6 is 11.3 Å². The summed E-state index contributed by atoms with van der Waals surface area (Å²) in [6.07, 6.45) is -3.94. The van der Waals surface area contributed by atoms with E-state index in [1.54, 1.807) is 13.8 Å². The molecule has 0 bridgehead atoms. The molecule has 0 saturated heterocycles. The standard InChI is InChI=1S/C14H13F4N3O2S.C9H15N5O7S2/c1-8(2)21(10-5-3-9(15)4-6-10)11(22)7-23-13-20-19-12(24-13)14(16,17)18;1-14(22(4,16)17)23(18,19)13-9(15)12-8-10-6(20-2)5-7(11-8)21-3/h3-6,8H,7H2,1-2H3;5H,1-4H3,(H2,10,11,12,13,15). The van der Waals surface area contributed by atoms with Crippen molar-refractivity contribution in [3.05, 3.63) is 41.2 Å². The Morgan fingerprint density at radius 2 is 1.55 bits per heavy atom. The van der Waals surface area contributed by atoms with E-state index in [1.807, 2.05) is 5.32 Å². The van der Waals surface area contributed by atoms with E-state index in [-0.39, 0.29) is 44.0 Å². The van der Waals surface area contributed by atoms with Crippen molar-refractivity contribution in [1.82, 2.24) is 28.6 Å². The number of nitrogens with zero attached hydrogens (tertiary/aromatic N) is 6. The van der Waals surface area contributed by atoms with Crippen LogP contribution < -0.4 is 29.1 Å². The first-order valence-electron chi connectivity index (χ1n) is 12.5. The second-order valence-electron chi connectivity index (χ2n) is 8.97. The van der Waals surface area contributed by atoms with Gasteiger partial charge in [-0.25, -0.2) is 22.3 Å². The molecular formula is C23H28F4N8O9S3. The Labute approximate surface area is 270 Å². The molecule has 0 saturated carbocycles. The van der Waals surface area contributed by atoms with Gasteiger partial charge in [-0.05, 0) is 38.1 Å². The Kier molecular flexibility index (Phi) is 13.1. The quantitative estimate of drug-likeness (QED) is 0.271. The van der Waals surface area contributed by atoms with E-state index >= 15 is 0 Å². The normalized spacial score (nSPS) is 11.7. The molecule has 17 nitrogen and oxygen atoms in total. The maximum atomic E-state index is 13.0. The summed E-state index contributed by atoms with van der Waals surface area (Å²) in [5.41, 5.74) is 0.452. The van der Waals surface area contributed by atoms with Gasteiger partial charge in [0.1, 0.15) is 5.82 Å². The lowest BCUT2D eigenvalue weighted by molar-refractivity contribution is -0.138. The van der Waals surface area contributed by atoms with E-state index < -0.39 is 55.8 Å². The summed E-state index contributed by atoms with van der Waals surface area (Å²) >= 11 is 0.210. The van der Waals surface area contributed by atoms with Crippen LogP contribution in [0.25, 0.3) is 0 Å². The number of rotatable bonds is 11. The van der Waals surface area contributed by atoms with Crippen molar-refractivity contribution < 1.29 is 58.2 Å². The monoisotopic (exact) mass is 732 g/mol. The van der Waals surface area contributed by atoms with Crippen LogP contribution in [0.5, 0.6) is 17.0 Å². The molecule has 2 heterocycles. The van der Waals surface area contributed by atoms with Gasteiger partial charge in [-0.3, -0.25) is 10.1 Å². The summed E-state index contributed by atoms with van der Waals surface area (Å²) in [5, 5.41) is 6.74. The molecule has 0 aliphatic heterocycles. The molecule has 0 spiro atoms. The third-order valence-electron chi connectivity index (χ3n) is 5.21. The minimum Gasteiger partial charge on any atom is -0.481 e. The van der Waals surface area contributed by atoms with Gasteiger partial charge in [-0.1, -0.05) is 20.1 Å². The van der Waals surface area contributed by atoms with Gasteiger partial charge in [0.15, 0.2) is 6.61 Å². The van der Waals surface area contributed by atoms with E-state index in [1.165, 1.54) is 54.2 Å². The number of ether oxygens (including phenoxy) is 3. The number of urea groups is 1. The summed E-state index contributed by atoms with van der Waals surface area (Å²) in [6.45, 7) is 2.98. The smallest absolute Gasteiger partial charge is 0.445 e. The van der Waals surface area contributed by atoms with E-state index in [0.717, 1.165) is 7.05 Å². The van der Waals surface area contributed by atoms with Crippen molar-refractivity contribution in [2.45, 2.75) is 26.1 Å². The van der Waals surface area contributed by atoms with E-state index in [9.17, 15) is 44.0 Å². The molecule has 3 aromatic rings. The zero-order chi connectivity index (χ0) is 35.7. The van der Waals surface area contributed by atoms with Crippen molar-refractivity contribution in [2.24, 2.45) is 0 Å². The maximum Gasteiger partial charge on any atom is 0.445 e. The Hall–Kier alpha value is -4.42. The molecule has 0 fully saturated rings. The highest BCUT2D eigenvalue weighted by atomic mass is 32.3. The molecule has 3 amide bonds. The molecule has 24 heteroatoms. The summed E-state index contributed by atoms with van der Waals surface area (Å²) < 4.78 is 112. The number of hydrogen-bond acceptors (Lipinski definition) is 14. The molecule has 0 aliphatic carbocycles. The van der Waals surface area contributed by atoms with Gasteiger partial charge in [0.25, 0.3) is 11.1 Å². The predicted molar refractivity (Wildman–Crippen MR) is 158 cm³/mol. The van der Waals surface area contributed by atoms with Crippen molar-refractivity contribution in [2.75, 3.05) is 44.3 Å². The van der Waals surface area contributed by atoms with E-state index in [2.05, 4.69) is 20.2 Å². The number of aromatic nitrogens is 4. The van der Waals surface area contributed by atoms with E-state index in [0.29, 0.717) is 11.9 Å². The van der Waals surface area contributed by atoms with Crippen LogP contribution in [0.3, 0.4) is 0 Å². The maximum absolute atomic E-state index is 13.0. The highest BCUT2D eigenvalue weighted by Gasteiger charge is 2.36. The fourth-order valence-electron chi connectivity index (χ4n) is 3.06. The summed E-state index contributed by atoms with van der Waals surface area (Å²) in [5.74, 6) is -1.14. The fourth-order valence-corrected chi connectivity index (χ4v) is 5.58. The number of halogens is 4.